The zero-order valence-corrected chi connectivity index (χ0v) is 14.7. The van der Waals surface area contributed by atoms with Crippen LogP contribution in [0.4, 0.5) is 5.69 Å². The number of benzene rings is 2. The molecule has 2 aromatic carbocycles. The molecule has 5 nitrogen and oxygen atoms in total. The Balaban J connectivity index is 2.26. The maximum Gasteiger partial charge on any atom is 0.355 e. The van der Waals surface area contributed by atoms with Gasteiger partial charge in [0, 0.05) is 25.3 Å². The number of carbonyl (C=O) groups excluding carboxylic acids is 2. The highest BCUT2D eigenvalue weighted by atomic mass is 16.5. The fourth-order valence-electron chi connectivity index (χ4n) is 2.15. The molecule has 2 rings (SSSR count). The molecule has 26 heavy (non-hydrogen) atoms. The lowest BCUT2D eigenvalue weighted by molar-refractivity contribution is -0.137. The summed E-state index contributed by atoms with van der Waals surface area (Å²) >= 11 is 0. The maximum absolute atomic E-state index is 12.4. The third-order valence-corrected chi connectivity index (χ3v) is 3.51. The molecule has 0 bridgehead atoms. The molecule has 0 heterocycles. The number of ether oxygens (including phenoxy) is 1. The molecule has 0 unspecified atom stereocenters. The van der Waals surface area contributed by atoms with E-state index < -0.39 is 11.9 Å². The summed E-state index contributed by atoms with van der Waals surface area (Å²) in [6, 6.07) is 16.1. The van der Waals surface area contributed by atoms with Crippen molar-refractivity contribution in [2.75, 3.05) is 25.6 Å². The summed E-state index contributed by atoms with van der Waals surface area (Å²) in [6.45, 7) is -0.170. The average molecular weight is 348 g/mol. The van der Waals surface area contributed by atoms with Crippen LogP contribution in [-0.2, 0) is 9.53 Å². The van der Waals surface area contributed by atoms with Gasteiger partial charge in [-0.25, -0.2) is 4.79 Å². The number of amides is 1. The van der Waals surface area contributed by atoms with E-state index in [4.69, 9.17) is 11.2 Å². The number of terminal acetylenes is 1. The molecule has 0 fully saturated rings. The molecule has 0 atom stereocenters. The van der Waals surface area contributed by atoms with Crippen LogP contribution in [0.3, 0.4) is 0 Å². The minimum Gasteiger partial charge on any atom is -0.448 e. The first kappa shape index (κ1) is 18.8. The summed E-state index contributed by atoms with van der Waals surface area (Å²) in [5.41, 5.74) is 2.22. The van der Waals surface area contributed by atoms with Gasteiger partial charge in [-0.2, -0.15) is 0 Å². The highest BCUT2D eigenvalue weighted by Gasteiger charge is 2.15. The third kappa shape index (κ3) is 5.25. The molecule has 0 saturated carbocycles. The van der Waals surface area contributed by atoms with Gasteiger partial charge in [-0.1, -0.05) is 36.3 Å². The van der Waals surface area contributed by atoms with Crippen LogP contribution in [0.2, 0.25) is 0 Å². The minimum absolute atomic E-state index is 0.0201. The Morgan fingerprint density at radius 1 is 1.12 bits per heavy atom. The second kappa shape index (κ2) is 9.09. The van der Waals surface area contributed by atoms with Crippen LogP contribution in [0.5, 0.6) is 0 Å². The van der Waals surface area contributed by atoms with Gasteiger partial charge in [0.2, 0.25) is 0 Å². The van der Waals surface area contributed by atoms with Crippen LogP contribution >= 0.6 is 0 Å². The monoisotopic (exact) mass is 348 g/mol. The SMILES string of the molecule is C#CCOC(=O)C(=Cc1ccc(N(C)C)cc1)NC(=O)c1ccccc1. The second-order valence-corrected chi connectivity index (χ2v) is 5.64. The van der Waals surface area contributed by atoms with Crippen molar-refractivity contribution in [2.45, 2.75) is 0 Å². The zero-order valence-electron chi connectivity index (χ0n) is 14.7. The van der Waals surface area contributed by atoms with E-state index in [1.165, 1.54) is 0 Å². The van der Waals surface area contributed by atoms with Crippen molar-refractivity contribution < 1.29 is 14.3 Å². The molecule has 0 aromatic heterocycles. The third-order valence-electron chi connectivity index (χ3n) is 3.51. The van der Waals surface area contributed by atoms with Gasteiger partial charge in [-0.05, 0) is 35.9 Å². The zero-order chi connectivity index (χ0) is 18.9. The van der Waals surface area contributed by atoms with Gasteiger partial charge in [0.15, 0.2) is 6.61 Å². The lowest BCUT2D eigenvalue weighted by Gasteiger charge is -2.12. The fraction of sp³-hybridized carbons (Fsp3) is 0.143. The van der Waals surface area contributed by atoms with E-state index in [0.29, 0.717) is 5.56 Å². The number of rotatable bonds is 6. The van der Waals surface area contributed by atoms with Gasteiger partial charge >= 0.3 is 5.97 Å². The first-order valence-corrected chi connectivity index (χ1v) is 7.97. The van der Waals surface area contributed by atoms with E-state index in [9.17, 15) is 9.59 Å². The van der Waals surface area contributed by atoms with Crippen LogP contribution in [0.25, 0.3) is 6.08 Å². The number of hydrogen-bond acceptors (Lipinski definition) is 4. The standard InChI is InChI=1S/C21H20N2O3/c1-4-14-26-21(25)19(22-20(24)17-8-6-5-7-9-17)15-16-10-12-18(13-11-16)23(2)3/h1,5-13,15H,14H2,2-3H3,(H,22,24). The van der Waals surface area contributed by atoms with Crippen molar-refractivity contribution in [3.63, 3.8) is 0 Å². The molecule has 0 saturated heterocycles. The van der Waals surface area contributed by atoms with Gasteiger partial charge in [-0.3, -0.25) is 4.79 Å². The van der Waals surface area contributed by atoms with Crippen LogP contribution in [0.15, 0.2) is 60.3 Å². The predicted molar refractivity (Wildman–Crippen MR) is 102 cm³/mol. The maximum atomic E-state index is 12.4. The van der Waals surface area contributed by atoms with E-state index in [1.807, 2.05) is 43.3 Å². The molecule has 0 aliphatic heterocycles. The number of carbonyl (C=O) groups is 2. The fourth-order valence-corrected chi connectivity index (χ4v) is 2.15. The summed E-state index contributed by atoms with van der Waals surface area (Å²) in [5, 5.41) is 2.60. The molecular weight excluding hydrogens is 328 g/mol. The Labute approximate surface area is 153 Å². The molecule has 0 aliphatic rings. The summed E-state index contributed by atoms with van der Waals surface area (Å²) < 4.78 is 4.96. The lowest BCUT2D eigenvalue weighted by atomic mass is 10.1. The Hall–Kier alpha value is -3.52. The van der Waals surface area contributed by atoms with E-state index in [-0.39, 0.29) is 12.3 Å². The lowest BCUT2D eigenvalue weighted by Crippen LogP contribution is -2.28. The summed E-state index contributed by atoms with van der Waals surface area (Å²) in [4.78, 5) is 26.6. The van der Waals surface area contributed by atoms with Gasteiger partial charge in [-0.15, -0.1) is 6.42 Å². The van der Waals surface area contributed by atoms with Crippen molar-refractivity contribution in [2.24, 2.45) is 0 Å². The first-order chi connectivity index (χ1) is 12.5. The number of nitrogens with zero attached hydrogens (tertiary/aromatic N) is 1. The van der Waals surface area contributed by atoms with Crippen LogP contribution in [0, 0.1) is 12.3 Å². The number of anilines is 1. The highest BCUT2D eigenvalue weighted by Crippen LogP contribution is 2.15. The molecule has 1 amide bonds. The van der Waals surface area contributed by atoms with E-state index in [0.717, 1.165) is 11.3 Å². The van der Waals surface area contributed by atoms with Gasteiger partial charge in [0.25, 0.3) is 5.91 Å². The Morgan fingerprint density at radius 3 is 2.35 bits per heavy atom. The number of esters is 1. The Morgan fingerprint density at radius 2 is 1.77 bits per heavy atom. The van der Waals surface area contributed by atoms with Gasteiger partial charge in [0.1, 0.15) is 5.70 Å². The second-order valence-electron chi connectivity index (χ2n) is 5.64. The molecule has 0 radical (unpaired) electrons. The topological polar surface area (TPSA) is 58.6 Å². The van der Waals surface area contributed by atoms with Crippen LogP contribution in [0.1, 0.15) is 15.9 Å². The van der Waals surface area contributed by atoms with Gasteiger partial charge in [0.05, 0.1) is 0 Å². The minimum atomic E-state index is -0.691. The molecule has 1 N–H and O–H groups in total. The van der Waals surface area contributed by atoms with Crippen molar-refractivity contribution in [3.05, 3.63) is 71.4 Å². The Bertz CT molecular complexity index is 832. The summed E-state index contributed by atoms with van der Waals surface area (Å²) in [7, 11) is 3.88. The van der Waals surface area contributed by atoms with Crippen LogP contribution in [-0.4, -0.2) is 32.6 Å². The van der Waals surface area contributed by atoms with E-state index >= 15 is 0 Å². The molecule has 132 valence electrons. The van der Waals surface area contributed by atoms with Crippen molar-refractivity contribution in [1.82, 2.24) is 5.32 Å². The van der Waals surface area contributed by atoms with E-state index in [1.54, 1.807) is 36.4 Å². The molecule has 5 heteroatoms. The predicted octanol–water partition coefficient (Wildman–Crippen LogP) is 2.70. The average Bonchev–Trinajstić information content (AvgIpc) is 2.66. The van der Waals surface area contributed by atoms with Crippen molar-refractivity contribution in [1.29, 1.82) is 0 Å². The normalized spacial score (nSPS) is 10.6. The van der Waals surface area contributed by atoms with Crippen molar-refractivity contribution in [3.8, 4) is 12.3 Å². The van der Waals surface area contributed by atoms with E-state index in [2.05, 4.69) is 11.2 Å². The summed E-state index contributed by atoms with van der Waals surface area (Å²) in [5.74, 6) is 1.14. The highest BCUT2D eigenvalue weighted by molar-refractivity contribution is 6.03. The summed E-state index contributed by atoms with van der Waals surface area (Å²) in [6.07, 6.45) is 6.68. The number of nitrogens with one attached hydrogen (secondary N) is 1. The smallest absolute Gasteiger partial charge is 0.355 e. The largest absolute Gasteiger partial charge is 0.448 e. The van der Waals surface area contributed by atoms with Crippen LogP contribution < -0.4 is 10.2 Å². The first-order valence-electron chi connectivity index (χ1n) is 7.97. The number of hydrogen-bond donors (Lipinski definition) is 1. The van der Waals surface area contributed by atoms with Gasteiger partial charge < -0.3 is 15.0 Å². The molecule has 0 spiro atoms. The molecule has 2 aromatic rings. The molecular formula is C21H20N2O3. The Kier molecular flexibility index (Phi) is 6.58. The van der Waals surface area contributed by atoms with Crippen molar-refractivity contribution >= 4 is 23.6 Å². The molecule has 0 aliphatic carbocycles. The quantitative estimate of drug-likeness (QED) is 0.495.